The molecule has 4 rings (SSSR count). The number of nitrogens with one attached hydrogen (secondary N) is 2. The highest BCUT2D eigenvalue weighted by molar-refractivity contribution is 5.95. The number of aliphatic hydroxyl groups is 1. The van der Waals surface area contributed by atoms with Gasteiger partial charge in [-0.1, -0.05) is 6.07 Å². The van der Waals surface area contributed by atoms with Crippen molar-refractivity contribution in [1.29, 1.82) is 0 Å². The minimum absolute atomic E-state index is 0.000623. The van der Waals surface area contributed by atoms with E-state index in [0.29, 0.717) is 42.6 Å². The Bertz CT molecular complexity index is 1380. The molecule has 2 aromatic carbocycles. The Morgan fingerprint density at radius 3 is 2.68 bits per heavy atom. The van der Waals surface area contributed by atoms with E-state index in [0.717, 1.165) is 22.3 Å². The van der Waals surface area contributed by atoms with Gasteiger partial charge in [0.25, 0.3) is 5.91 Å². The summed E-state index contributed by atoms with van der Waals surface area (Å²) < 4.78 is 13.6. The van der Waals surface area contributed by atoms with Crippen LogP contribution in [-0.4, -0.2) is 50.9 Å². The summed E-state index contributed by atoms with van der Waals surface area (Å²) in [5.74, 6) is 1.82. The van der Waals surface area contributed by atoms with Crippen LogP contribution >= 0.6 is 0 Å². The first kappa shape index (κ1) is 26.1. The predicted octanol–water partition coefficient (Wildman–Crippen LogP) is 4.81. The summed E-state index contributed by atoms with van der Waals surface area (Å²) in [7, 11) is 0. The van der Waals surface area contributed by atoms with E-state index in [-0.39, 0.29) is 18.1 Å². The standard InChI is InChI=1S/C28H33N5O4/c1-19-16-21(31-26-25-23(29-18-30-26)10-11-33(25)12-14-36-15-13-34)8-9-24(19)37-22-7-5-6-20(17-22)27(35)32-28(2,3)4/h5-11,16-18,34H,12-15H2,1-4H3,(H,32,35)(H,29,30,31). The van der Waals surface area contributed by atoms with Crippen molar-refractivity contribution in [3.63, 3.8) is 0 Å². The second-order valence-electron chi connectivity index (χ2n) is 9.74. The number of hydrogen-bond donors (Lipinski definition) is 3. The molecule has 0 fully saturated rings. The van der Waals surface area contributed by atoms with E-state index in [2.05, 4.69) is 20.6 Å². The predicted molar refractivity (Wildman–Crippen MR) is 144 cm³/mol. The fourth-order valence-corrected chi connectivity index (χ4v) is 3.86. The van der Waals surface area contributed by atoms with Gasteiger partial charge in [-0.3, -0.25) is 4.79 Å². The van der Waals surface area contributed by atoms with E-state index in [9.17, 15) is 4.79 Å². The Morgan fingerprint density at radius 2 is 1.92 bits per heavy atom. The van der Waals surface area contributed by atoms with Crippen molar-refractivity contribution in [2.75, 3.05) is 25.1 Å². The monoisotopic (exact) mass is 503 g/mol. The Hall–Kier alpha value is -3.95. The smallest absolute Gasteiger partial charge is 0.251 e. The first-order valence-electron chi connectivity index (χ1n) is 12.2. The molecule has 0 unspecified atom stereocenters. The summed E-state index contributed by atoms with van der Waals surface area (Å²) in [6, 6.07) is 14.9. The number of nitrogens with zero attached hydrogens (tertiary/aromatic N) is 3. The lowest BCUT2D eigenvalue weighted by Crippen LogP contribution is -2.40. The van der Waals surface area contributed by atoms with Crippen LogP contribution < -0.4 is 15.4 Å². The van der Waals surface area contributed by atoms with Crippen LogP contribution in [-0.2, 0) is 11.3 Å². The van der Waals surface area contributed by atoms with Gasteiger partial charge < -0.3 is 29.8 Å². The summed E-state index contributed by atoms with van der Waals surface area (Å²) in [5, 5.41) is 15.3. The lowest BCUT2D eigenvalue weighted by Gasteiger charge is -2.20. The number of aromatic nitrogens is 3. The van der Waals surface area contributed by atoms with Crippen molar-refractivity contribution in [1.82, 2.24) is 19.9 Å². The van der Waals surface area contributed by atoms with Crippen molar-refractivity contribution >= 4 is 28.4 Å². The minimum Gasteiger partial charge on any atom is -0.457 e. The first-order valence-corrected chi connectivity index (χ1v) is 12.2. The van der Waals surface area contributed by atoms with Gasteiger partial charge in [-0.25, -0.2) is 9.97 Å². The zero-order valence-corrected chi connectivity index (χ0v) is 21.6. The molecule has 0 aliphatic rings. The molecule has 0 aliphatic carbocycles. The number of carbonyl (C=O) groups excluding carboxylic acids is 1. The molecule has 37 heavy (non-hydrogen) atoms. The fourth-order valence-electron chi connectivity index (χ4n) is 3.86. The molecule has 1 amide bonds. The molecule has 0 saturated heterocycles. The van der Waals surface area contributed by atoms with E-state index >= 15 is 0 Å². The third kappa shape index (κ3) is 6.84. The van der Waals surface area contributed by atoms with Crippen LogP contribution in [0.5, 0.6) is 11.5 Å². The van der Waals surface area contributed by atoms with Crippen LogP contribution in [0.3, 0.4) is 0 Å². The number of aryl methyl sites for hydroxylation is 1. The van der Waals surface area contributed by atoms with Gasteiger partial charge >= 0.3 is 0 Å². The van der Waals surface area contributed by atoms with Crippen molar-refractivity contribution in [2.24, 2.45) is 0 Å². The number of hydrogen-bond acceptors (Lipinski definition) is 7. The highest BCUT2D eigenvalue weighted by Crippen LogP contribution is 2.30. The first-order chi connectivity index (χ1) is 17.7. The zero-order chi connectivity index (χ0) is 26.4. The SMILES string of the molecule is Cc1cc(Nc2ncnc3ccn(CCOCCO)c23)ccc1Oc1cccc(C(=O)NC(C)(C)C)c1. The molecule has 2 aromatic heterocycles. The quantitative estimate of drug-likeness (QED) is 0.266. The second kappa shape index (κ2) is 11.4. The van der Waals surface area contributed by atoms with Gasteiger partial charge in [-0.05, 0) is 75.7 Å². The molecular weight excluding hydrogens is 470 g/mol. The lowest BCUT2D eigenvalue weighted by molar-refractivity contribution is 0.0875. The van der Waals surface area contributed by atoms with Gasteiger partial charge in [-0.15, -0.1) is 0 Å². The topological polar surface area (TPSA) is 111 Å². The van der Waals surface area contributed by atoms with E-state index < -0.39 is 0 Å². The molecule has 3 N–H and O–H groups in total. The molecule has 4 aromatic rings. The summed E-state index contributed by atoms with van der Waals surface area (Å²) in [4.78, 5) is 21.4. The third-order valence-electron chi connectivity index (χ3n) is 5.51. The van der Waals surface area contributed by atoms with Crippen LogP contribution in [0.25, 0.3) is 11.0 Å². The molecule has 2 heterocycles. The van der Waals surface area contributed by atoms with Crippen LogP contribution in [0.1, 0.15) is 36.7 Å². The maximum atomic E-state index is 12.5. The number of fused-ring (bicyclic) bond motifs is 1. The van der Waals surface area contributed by atoms with E-state index in [1.807, 2.05) is 74.9 Å². The molecule has 9 heteroatoms. The average Bonchev–Trinajstić information content (AvgIpc) is 3.27. The van der Waals surface area contributed by atoms with E-state index in [1.165, 1.54) is 6.33 Å². The summed E-state index contributed by atoms with van der Waals surface area (Å²) >= 11 is 0. The molecule has 194 valence electrons. The summed E-state index contributed by atoms with van der Waals surface area (Å²) in [6.07, 6.45) is 3.48. The number of aliphatic hydroxyl groups excluding tert-OH is 1. The molecule has 0 atom stereocenters. The number of carbonyl (C=O) groups is 1. The normalized spacial score (nSPS) is 11.5. The lowest BCUT2D eigenvalue weighted by atomic mass is 10.1. The van der Waals surface area contributed by atoms with Crippen molar-refractivity contribution in [3.05, 3.63) is 72.2 Å². The maximum absolute atomic E-state index is 12.5. The van der Waals surface area contributed by atoms with Gasteiger partial charge in [0.15, 0.2) is 5.82 Å². The third-order valence-corrected chi connectivity index (χ3v) is 5.51. The van der Waals surface area contributed by atoms with E-state index in [1.54, 1.807) is 12.1 Å². The van der Waals surface area contributed by atoms with Crippen LogP contribution in [0, 0.1) is 6.92 Å². The maximum Gasteiger partial charge on any atom is 0.251 e. The fraction of sp³-hybridized carbons (Fsp3) is 0.321. The van der Waals surface area contributed by atoms with Crippen molar-refractivity contribution < 1.29 is 19.4 Å². The molecular formula is C28H33N5O4. The Kier molecular flexibility index (Phi) is 8.05. The average molecular weight is 504 g/mol. The number of anilines is 2. The number of ether oxygens (including phenoxy) is 2. The molecule has 0 saturated carbocycles. The van der Waals surface area contributed by atoms with Gasteiger partial charge in [0.1, 0.15) is 23.3 Å². The molecule has 0 spiro atoms. The number of rotatable bonds is 10. The van der Waals surface area contributed by atoms with E-state index in [4.69, 9.17) is 14.6 Å². The van der Waals surface area contributed by atoms with Crippen LogP contribution in [0.15, 0.2) is 61.1 Å². The molecule has 9 nitrogen and oxygen atoms in total. The Balaban J connectivity index is 1.49. The number of amides is 1. The van der Waals surface area contributed by atoms with Crippen LogP contribution in [0.4, 0.5) is 11.5 Å². The van der Waals surface area contributed by atoms with Crippen LogP contribution in [0.2, 0.25) is 0 Å². The molecule has 0 bridgehead atoms. The van der Waals surface area contributed by atoms with Crippen molar-refractivity contribution in [3.8, 4) is 11.5 Å². The highest BCUT2D eigenvalue weighted by Gasteiger charge is 2.16. The zero-order valence-electron chi connectivity index (χ0n) is 21.6. The summed E-state index contributed by atoms with van der Waals surface area (Å²) in [5.41, 5.74) is 3.70. The van der Waals surface area contributed by atoms with Gasteiger partial charge in [0, 0.05) is 29.5 Å². The Labute approximate surface area is 216 Å². The molecule has 0 aliphatic heterocycles. The largest absolute Gasteiger partial charge is 0.457 e. The summed E-state index contributed by atoms with van der Waals surface area (Å²) in [6.45, 7) is 9.20. The molecule has 0 radical (unpaired) electrons. The van der Waals surface area contributed by atoms with Gasteiger partial charge in [0.2, 0.25) is 0 Å². The van der Waals surface area contributed by atoms with Gasteiger partial charge in [-0.2, -0.15) is 0 Å². The minimum atomic E-state index is -0.321. The number of benzene rings is 2. The second-order valence-corrected chi connectivity index (χ2v) is 9.74. The van der Waals surface area contributed by atoms with Crippen molar-refractivity contribution in [2.45, 2.75) is 39.8 Å². The van der Waals surface area contributed by atoms with Gasteiger partial charge in [0.05, 0.1) is 25.3 Å². The highest BCUT2D eigenvalue weighted by atomic mass is 16.5. The Morgan fingerprint density at radius 1 is 1.08 bits per heavy atom.